The van der Waals surface area contributed by atoms with E-state index in [0.717, 1.165) is 24.1 Å². The second-order valence-electron chi connectivity index (χ2n) is 4.08. The molecule has 0 fully saturated rings. The predicted molar refractivity (Wildman–Crippen MR) is 58.6 cm³/mol. The molecule has 4 heteroatoms. The Balaban J connectivity index is 2.56. The van der Waals surface area contributed by atoms with E-state index in [1.54, 1.807) is 11.0 Å². The lowest BCUT2D eigenvalue weighted by molar-refractivity contribution is -0.107. The molecule has 0 saturated heterocycles. The van der Waals surface area contributed by atoms with E-state index in [2.05, 4.69) is 0 Å². The van der Waals surface area contributed by atoms with Crippen molar-refractivity contribution in [3.8, 4) is 0 Å². The molecule has 3 nitrogen and oxygen atoms in total. The molecule has 1 aromatic rings. The van der Waals surface area contributed by atoms with Crippen LogP contribution in [0.1, 0.15) is 24.5 Å². The highest BCUT2D eigenvalue weighted by Crippen LogP contribution is 2.33. The molecule has 0 saturated carbocycles. The van der Waals surface area contributed by atoms with Gasteiger partial charge in [-0.25, -0.2) is 4.39 Å². The number of carbonyl (C=O) groups excluding carboxylic acids is 1. The van der Waals surface area contributed by atoms with Crippen LogP contribution in [0.3, 0.4) is 0 Å². The van der Waals surface area contributed by atoms with Crippen molar-refractivity contribution in [2.75, 3.05) is 4.90 Å². The first-order valence-electron chi connectivity index (χ1n) is 5.33. The van der Waals surface area contributed by atoms with E-state index in [1.807, 2.05) is 6.92 Å². The fourth-order valence-electron chi connectivity index (χ4n) is 2.23. The maximum atomic E-state index is 13.4. The second kappa shape index (κ2) is 4.22. The molecule has 0 bridgehead atoms. The molecule has 0 aliphatic carbocycles. The first-order valence-corrected chi connectivity index (χ1v) is 5.33. The number of carbonyl (C=O) groups is 1. The van der Waals surface area contributed by atoms with Crippen LogP contribution in [0.4, 0.5) is 10.1 Å². The average Bonchev–Trinajstić information content (AvgIpc) is 2.29. The minimum Gasteiger partial charge on any atom is -0.392 e. The van der Waals surface area contributed by atoms with E-state index >= 15 is 0 Å². The van der Waals surface area contributed by atoms with Crippen LogP contribution in [0, 0.1) is 5.82 Å². The zero-order valence-electron chi connectivity index (χ0n) is 9.11. The summed E-state index contributed by atoms with van der Waals surface area (Å²) >= 11 is 0. The number of rotatable bonds is 2. The van der Waals surface area contributed by atoms with Crippen LogP contribution in [0.2, 0.25) is 0 Å². The van der Waals surface area contributed by atoms with Gasteiger partial charge in [0.25, 0.3) is 0 Å². The van der Waals surface area contributed by atoms with Crippen molar-refractivity contribution in [1.82, 2.24) is 0 Å². The summed E-state index contributed by atoms with van der Waals surface area (Å²) in [6.07, 6.45) is 2.26. The van der Waals surface area contributed by atoms with Crippen LogP contribution in [0.5, 0.6) is 0 Å². The lowest BCUT2D eigenvalue weighted by Gasteiger charge is -2.33. The Labute approximate surface area is 93.5 Å². The van der Waals surface area contributed by atoms with E-state index in [0.29, 0.717) is 12.0 Å². The van der Waals surface area contributed by atoms with Gasteiger partial charge in [-0.3, -0.25) is 4.79 Å². The molecule has 16 heavy (non-hydrogen) atoms. The number of anilines is 1. The topological polar surface area (TPSA) is 40.5 Å². The van der Waals surface area contributed by atoms with Gasteiger partial charge in [-0.2, -0.15) is 0 Å². The number of benzene rings is 1. The molecule has 0 radical (unpaired) electrons. The zero-order chi connectivity index (χ0) is 11.7. The molecule has 1 unspecified atom stereocenters. The van der Waals surface area contributed by atoms with E-state index in [9.17, 15) is 9.18 Å². The molecule has 1 amide bonds. The largest absolute Gasteiger partial charge is 0.392 e. The number of amides is 1. The van der Waals surface area contributed by atoms with Crippen molar-refractivity contribution in [3.05, 3.63) is 29.1 Å². The minimum atomic E-state index is -0.401. The fourth-order valence-corrected chi connectivity index (χ4v) is 2.23. The summed E-state index contributed by atoms with van der Waals surface area (Å²) in [4.78, 5) is 12.6. The highest BCUT2D eigenvalue weighted by Gasteiger charge is 2.25. The molecule has 1 atom stereocenters. The molecule has 1 aliphatic rings. The maximum absolute atomic E-state index is 13.4. The van der Waals surface area contributed by atoms with Crippen molar-refractivity contribution < 1.29 is 14.3 Å². The molecule has 1 N–H and O–H groups in total. The SMILES string of the molecule is CC1CCc2c(ccc(F)c2CO)N1C=O. The summed E-state index contributed by atoms with van der Waals surface area (Å²) in [6.45, 7) is 1.63. The Hall–Kier alpha value is -1.42. The quantitative estimate of drug-likeness (QED) is 0.774. The van der Waals surface area contributed by atoms with Crippen LogP contribution in [0.15, 0.2) is 12.1 Å². The predicted octanol–water partition coefficient (Wildman–Crippen LogP) is 1.62. The zero-order valence-corrected chi connectivity index (χ0v) is 9.11. The molecule has 0 aromatic heterocycles. The van der Waals surface area contributed by atoms with Gasteiger partial charge >= 0.3 is 0 Å². The number of aliphatic hydroxyl groups is 1. The molecule has 1 aromatic carbocycles. The number of halogens is 1. The number of hydrogen-bond donors (Lipinski definition) is 1. The summed E-state index contributed by atoms with van der Waals surface area (Å²) in [6, 6.07) is 3.04. The molecule has 1 aliphatic heterocycles. The number of hydrogen-bond acceptors (Lipinski definition) is 2. The lowest BCUT2D eigenvalue weighted by atomic mass is 9.93. The fraction of sp³-hybridized carbons (Fsp3) is 0.417. The third kappa shape index (κ3) is 1.59. The Morgan fingerprint density at radius 2 is 2.38 bits per heavy atom. The maximum Gasteiger partial charge on any atom is 0.214 e. The summed E-state index contributed by atoms with van der Waals surface area (Å²) in [5.41, 5.74) is 1.79. The first-order chi connectivity index (χ1) is 7.69. The first kappa shape index (κ1) is 11.1. The van der Waals surface area contributed by atoms with E-state index in [-0.39, 0.29) is 12.6 Å². The van der Waals surface area contributed by atoms with Gasteiger partial charge in [-0.15, -0.1) is 0 Å². The molecule has 2 rings (SSSR count). The van der Waals surface area contributed by atoms with Gasteiger partial charge in [0.15, 0.2) is 0 Å². The minimum absolute atomic E-state index is 0.127. The highest BCUT2D eigenvalue weighted by molar-refractivity contribution is 5.79. The Kier molecular flexibility index (Phi) is 2.92. The summed E-state index contributed by atoms with van der Waals surface area (Å²) < 4.78 is 13.4. The third-order valence-electron chi connectivity index (χ3n) is 3.19. The molecule has 86 valence electrons. The lowest BCUT2D eigenvalue weighted by Crippen LogP contribution is -2.36. The van der Waals surface area contributed by atoms with Crippen molar-refractivity contribution >= 4 is 12.1 Å². The molecular weight excluding hydrogens is 209 g/mol. The number of fused-ring (bicyclic) bond motifs is 1. The van der Waals surface area contributed by atoms with Crippen molar-refractivity contribution in [2.45, 2.75) is 32.4 Å². The van der Waals surface area contributed by atoms with E-state index < -0.39 is 5.82 Å². The van der Waals surface area contributed by atoms with Gasteiger partial charge < -0.3 is 10.0 Å². The normalized spacial score (nSPS) is 19.4. The van der Waals surface area contributed by atoms with E-state index in [4.69, 9.17) is 5.11 Å². The van der Waals surface area contributed by atoms with Crippen LogP contribution in [-0.4, -0.2) is 17.6 Å². The standard InChI is InChI=1S/C12H14FNO2/c1-8-2-3-9-10(6-15)11(13)4-5-12(9)14(8)7-16/h4-5,7-8,15H,2-3,6H2,1H3. The van der Waals surface area contributed by atoms with Gasteiger partial charge in [0, 0.05) is 17.3 Å². The Morgan fingerprint density at radius 3 is 3.00 bits per heavy atom. The second-order valence-corrected chi connectivity index (χ2v) is 4.08. The molecular formula is C12H14FNO2. The highest BCUT2D eigenvalue weighted by atomic mass is 19.1. The van der Waals surface area contributed by atoms with Crippen molar-refractivity contribution in [3.63, 3.8) is 0 Å². The third-order valence-corrected chi connectivity index (χ3v) is 3.19. The Bertz CT molecular complexity index is 420. The van der Waals surface area contributed by atoms with Gasteiger partial charge in [-0.1, -0.05) is 0 Å². The van der Waals surface area contributed by atoms with Crippen molar-refractivity contribution in [1.29, 1.82) is 0 Å². The van der Waals surface area contributed by atoms with Gasteiger partial charge in [0.1, 0.15) is 5.82 Å². The van der Waals surface area contributed by atoms with E-state index in [1.165, 1.54) is 6.07 Å². The van der Waals surface area contributed by atoms with Crippen LogP contribution in [0.25, 0.3) is 0 Å². The average molecular weight is 223 g/mol. The molecule has 0 spiro atoms. The van der Waals surface area contributed by atoms with Crippen molar-refractivity contribution in [2.24, 2.45) is 0 Å². The monoisotopic (exact) mass is 223 g/mol. The summed E-state index contributed by atoms with van der Waals surface area (Å²) in [5, 5.41) is 9.15. The van der Waals surface area contributed by atoms with Gasteiger partial charge in [-0.05, 0) is 37.5 Å². The number of nitrogens with zero attached hydrogens (tertiary/aromatic N) is 1. The van der Waals surface area contributed by atoms with Crippen LogP contribution in [-0.2, 0) is 17.8 Å². The number of aliphatic hydroxyl groups excluding tert-OH is 1. The van der Waals surface area contributed by atoms with Gasteiger partial charge in [0.2, 0.25) is 6.41 Å². The summed E-state index contributed by atoms with van der Waals surface area (Å²) in [5.74, 6) is -0.401. The smallest absolute Gasteiger partial charge is 0.214 e. The Morgan fingerprint density at radius 1 is 1.62 bits per heavy atom. The summed E-state index contributed by atoms with van der Waals surface area (Å²) in [7, 11) is 0. The van der Waals surface area contributed by atoms with Crippen LogP contribution >= 0.6 is 0 Å². The van der Waals surface area contributed by atoms with Crippen LogP contribution < -0.4 is 4.90 Å². The molecule has 1 heterocycles. The van der Waals surface area contributed by atoms with Gasteiger partial charge in [0.05, 0.1) is 6.61 Å².